The quantitative estimate of drug-likeness (QED) is 0.493. The molecule has 0 aliphatic carbocycles. The Balaban J connectivity index is 1.68. The van der Waals surface area contributed by atoms with Gasteiger partial charge in [0.2, 0.25) is 11.8 Å². The predicted molar refractivity (Wildman–Crippen MR) is 139 cm³/mol. The van der Waals surface area contributed by atoms with E-state index in [1.165, 1.54) is 47.3 Å². The maximum absolute atomic E-state index is 14.0. The van der Waals surface area contributed by atoms with Crippen LogP contribution in [0.15, 0.2) is 47.3 Å². The first-order chi connectivity index (χ1) is 17.8. The third kappa shape index (κ3) is 5.41. The summed E-state index contributed by atoms with van der Waals surface area (Å²) in [6, 6.07) is 9.44. The molecule has 0 saturated heterocycles. The number of aliphatic hydroxyl groups is 1. The number of pyridine rings is 1. The summed E-state index contributed by atoms with van der Waals surface area (Å²) in [7, 11) is 0. The maximum Gasteiger partial charge on any atom is 0.277 e. The van der Waals surface area contributed by atoms with Crippen molar-refractivity contribution in [1.29, 1.82) is 0 Å². The van der Waals surface area contributed by atoms with E-state index in [-0.39, 0.29) is 47.8 Å². The van der Waals surface area contributed by atoms with Crippen molar-refractivity contribution in [3.8, 4) is 11.4 Å². The molecule has 0 spiro atoms. The number of halogens is 3. The molecule has 1 aliphatic heterocycles. The zero-order valence-corrected chi connectivity index (χ0v) is 22.0. The molecule has 0 atom stereocenters. The number of nitrogens with zero attached hydrogens (tertiary/aromatic N) is 3. The summed E-state index contributed by atoms with van der Waals surface area (Å²) < 4.78 is 34.0. The van der Waals surface area contributed by atoms with E-state index in [2.05, 4.69) is 0 Å². The van der Waals surface area contributed by atoms with Crippen LogP contribution in [0.1, 0.15) is 38.4 Å². The van der Waals surface area contributed by atoms with Crippen molar-refractivity contribution < 1.29 is 28.2 Å². The number of rotatable bonds is 6. The Morgan fingerprint density at radius 1 is 1.08 bits per heavy atom. The first-order valence-corrected chi connectivity index (χ1v) is 12.1. The lowest BCUT2D eigenvalue weighted by Gasteiger charge is -2.22. The Morgan fingerprint density at radius 3 is 2.42 bits per heavy atom. The van der Waals surface area contributed by atoms with E-state index in [0.717, 1.165) is 12.1 Å². The molecule has 8 nitrogen and oxygen atoms in total. The lowest BCUT2D eigenvalue weighted by atomic mass is 10.0. The summed E-state index contributed by atoms with van der Waals surface area (Å²) in [5.74, 6) is -2.13. The molecular formula is C27H26ClF2N3O5. The minimum absolute atomic E-state index is 0.0234. The third-order valence-corrected chi connectivity index (χ3v) is 6.39. The monoisotopic (exact) mass is 545 g/mol. The van der Waals surface area contributed by atoms with E-state index < -0.39 is 22.8 Å². The van der Waals surface area contributed by atoms with Crippen molar-refractivity contribution in [2.45, 2.75) is 46.3 Å². The number of aromatic nitrogens is 1. The van der Waals surface area contributed by atoms with Gasteiger partial charge < -0.3 is 9.84 Å². The largest absolute Gasteiger partial charge is 0.487 e. The zero-order valence-electron chi connectivity index (χ0n) is 21.2. The van der Waals surface area contributed by atoms with Gasteiger partial charge in [0, 0.05) is 30.3 Å². The molecule has 38 heavy (non-hydrogen) atoms. The van der Waals surface area contributed by atoms with Crippen molar-refractivity contribution in [2.24, 2.45) is 0 Å². The van der Waals surface area contributed by atoms with Crippen LogP contribution in [-0.2, 0) is 16.2 Å². The summed E-state index contributed by atoms with van der Waals surface area (Å²) in [6.07, 6.45) is -0.141. The molecule has 0 bridgehead atoms. The molecule has 0 saturated carbocycles. The van der Waals surface area contributed by atoms with Crippen molar-refractivity contribution >= 4 is 34.8 Å². The van der Waals surface area contributed by atoms with Crippen LogP contribution in [0.4, 0.5) is 20.2 Å². The zero-order chi connectivity index (χ0) is 27.9. The first kappa shape index (κ1) is 27.3. The molecule has 1 aromatic heterocycles. The number of anilines is 2. The Hall–Kier alpha value is -3.76. The van der Waals surface area contributed by atoms with Gasteiger partial charge in [-0.15, -0.1) is 0 Å². The van der Waals surface area contributed by atoms with Crippen LogP contribution in [0.2, 0.25) is 5.02 Å². The summed E-state index contributed by atoms with van der Waals surface area (Å²) >= 11 is 6.32. The molecule has 0 unspecified atom stereocenters. The highest BCUT2D eigenvalue weighted by atomic mass is 35.5. The Morgan fingerprint density at radius 2 is 1.79 bits per heavy atom. The van der Waals surface area contributed by atoms with Gasteiger partial charge in [-0.1, -0.05) is 11.6 Å². The molecule has 1 N–H and O–H groups in total. The molecule has 1 aliphatic rings. The van der Waals surface area contributed by atoms with Crippen molar-refractivity contribution in [1.82, 2.24) is 4.57 Å². The number of benzene rings is 2. The first-order valence-electron chi connectivity index (χ1n) is 11.7. The van der Waals surface area contributed by atoms with Gasteiger partial charge >= 0.3 is 0 Å². The van der Waals surface area contributed by atoms with Gasteiger partial charge in [-0.2, -0.15) is 0 Å². The van der Waals surface area contributed by atoms with Gasteiger partial charge in [-0.25, -0.2) is 8.78 Å². The van der Waals surface area contributed by atoms with Gasteiger partial charge in [0.15, 0.2) is 0 Å². The Labute approximate surface area is 222 Å². The highest BCUT2D eigenvalue weighted by molar-refractivity contribution is 6.31. The molecule has 11 heteroatoms. The number of aryl methyl sites for hydroxylation is 1. The predicted octanol–water partition coefficient (Wildman–Crippen LogP) is 4.47. The summed E-state index contributed by atoms with van der Waals surface area (Å²) in [5, 5.41) is 9.83. The minimum Gasteiger partial charge on any atom is -0.487 e. The molecule has 2 aromatic carbocycles. The Kier molecular flexibility index (Phi) is 7.31. The topological polar surface area (TPSA) is 92.1 Å². The second-order valence-electron chi connectivity index (χ2n) is 9.70. The molecule has 0 fully saturated rings. The molecule has 200 valence electrons. The van der Waals surface area contributed by atoms with Crippen LogP contribution in [0.5, 0.6) is 5.75 Å². The normalized spacial score (nSPS) is 13.1. The van der Waals surface area contributed by atoms with Gasteiger partial charge in [0.1, 0.15) is 35.7 Å². The number of fused-ring (bicyclic) bond motifs is 1. The van der Waals surface area contributed by atoms with Crippen LogP contribution in [0.3, 0.4) is 0 Å². The lowest BCUT2D eigenvalue weighted by Crippen LogP contribution is -2.40. The highest BCUT2D eigenvalue weighted by Crippen LogP contribution is 2.39. The van der Waals surface area contributed by atoms with E-state index in [4.69, 9.17) is 16.3 Å². The Bertz CT molecular complexity index is 1500. The summed E-state index contributed by atoms with van der Waals surface area (Å²) in [5.41, 5.74) is -0.0122. The number of amides is 2. The molecule has 4 rings (SSSR count). The fourth-order valence-electron chi connectivity index (χ4n) is 4.24. The van der Waals surface area contributed by atoms with Crippen LogP contribution in [0, 0.1) is 18.6 Å². The van der Waals surface area contributed by atoms with Gasteiger partial charge in [0.05, 0.1) is 29.1 Å². The van der Waals surface area contributed by atoms with Crippen LogP contribution in [-0.4, -0.2) is 33.8 Å². The van der Waals surface area contributed by atoms with Crippen molar-refractivity contribution in [2.75, 3.05) is 16.5 Å². The van der Waals surface area contributed by atoms with Crippen molar-refractivity contribution in [3.05, 3.63) is 80.7 Å². The average molecular weight is 546 g/mol. The maximum atomic E-state index is 14.0. The molecule has 2 amide bonds. The van der Waals surface area contributed by atoms with Gasteiger partial charge in [-0.3, -0.25) is 28.8 Å². The number of hydrogen-bond acceptors (Lipinski definition) is 5. The van der Waals surface area contributed by atoms with E-state index in [9.17, 15) is 28.3 Å². The number of ether oxygens (including phenoxy) is 1. The number of carbonyl (C=O) groups excluding carboxylic acids is 2. The fourth-order valence-corrected chi connectivity index (χ4v) is 4.43. The van der Waals surface area contributed by atoms with Crippen LogP contribution >= 0.6 is 11.6 Å². The van der Waals surface area contributed by atoms with Crippen molar-refractivity contribution in [3.63, 3.8) is 0 Å². The van der Waals surface area contributed by atoms with Crippen LogP contribution < -0.4 is 20.1 Å². The van der Waals surface area contributed by atoms with Gasteiger partial charge in [0.25, 0.3) is 5.56 Å². The standard InChI is InChI=1S/C27H26ClF2N3O5/c1-15-9-23(38-13-17-5-6-18(29)10-20(17)30)25(28)26(36)33(15)19-7-8-21-22(11-19)31(16(2)34)14-32(21)24(35)12-27(3,4)37/h5-11,37H,12-14H2,1-4H3. The smallest absolute Gasteiger partial charge is 0.277 e. The minimum atomic E-state index is -1.23. The van der Waals surface area contributed by atoms with E-state index in [0.29, 0.717) is 22.8 Å². The number of carbonyl (C=O) groups is 2. The lowest BCUT2D eigenvalue weighted by molar-refractivity contribution is -0.122. The molecule has 2 heterocycles. The van der Waals surface area contributed by atoms with E-state index in [1.807, 2.05) is 0 Å². The SMILES string of the molecule is CC(=O)N1CN(C(=O)CC(C)(C)O)c2ccc(-n3c(C)cc(OCc4ccc(F)cc4F)c(Cl)c3=O)cc21. The van der Waals surface area contributed by atoms with E-state index >= 15 is 0 Å². The average Bonchev–Trinajstić information content (AvgIpc) is 3.20. The summed E-state index contributed by atoms with van der Waals surface area (Å²) in [4.78, 5) is 41.2. The van der Waals surface area contributed by atoms with Gasteiger partial charge in [-0.05, 0) is 51.1 Å². The molecule has 3 aromatic rings. The molecular weight excluding hydrogens is 520 g/mol. The second-order valence-corrected chi connectivity index (χ2v) is 10.1. The summed E-state index contributed by atoms with van der Waals surface area (Å²) in [6.45, 7) is 5.77. The number of hydrogen-bond donors (Lipinski definition) is 1. The molecule has 0 radical (unpaired) electrons. The fraction of sp³-hybridized carbons (Fsp3) is 0.296. The third-order valence-electron chi connectivity index (χ3n) is 6.04. The highest BCUT2D eigenvalue weighted by Gasteiger charge is 2.34. The second kappa shape index (κ2) is 10.2. The van der Waals surface area contributed by atoms with E-state index in [1.54, 1.807) is 25.1 Å². The van der Waals surface area contributed by atoms with Crippen LogP contribution in [0.25, 0.3) is 5.69 Å².